The number of hydrogen-bond donors (Lipinski definition) is 0. The van der Waals surface area contributed by atoms with Gasteiger partial charge in [-0.2, -0.15) is 0 Å². The molecule has 48 heavy (non-hydrogen) atoms. The highest BCUT2D eigenvalue weighted by atomic mass is 16.3. The first-order chi connectivity index (χ1) is 23.8. The summed E-state index contributed by atoms with van der Waals surface area (Å²) in [6.07, 6.45) is 0. The number of fused-ring (bicyclic) bond motifs is 9. The van der Waals surface area contributed by atoms with E-state index < -0.39 is 0 Å². The standard InChI is InChI=1S/C46H29NO/c1-3-12-30(13-4-1)33-26-34(31-14-5-2-6-15-31)28-35(27-33)32-16-11-17-36(29-32)47-41-20-9-7-18-39(41)45-37-23-25-44-46(38(37)22-24-42(45)47)40-19-8-10-21-43(40)48-44/h1-29H. The number of furan rings is 1. The van der Waals surface area contributed by atoms with Gasteiger partial charge in [-0.1, -0.05) is 115 Å². The van der Waals surface area contributed by atoms with Gasteiger partial charge in [-0.3, -0.25) is 0 Å². The van der Waals surface area contributed by atoms with Gasteiger partial charge in [-0.15, -0.1) is 0 Å². The Morgan fingerprint density at radius 1 is 0.312 bits per heavy atom. The summed E-state index contributed by atoms with van der Waals surface area (Å²) in [6.45, 7) is 0. The monoisotopic (exact) mass is 611 g/mol. The topological polar surface area (TPSA) is 18.1 Å². The maximum Gasteiger partial charge on any atom is 0.136 e. The Labute approximate surface area is 277 Å². The minimum absolute atomic E-state index is 0.922. The van der Waals surface area contributed by atoms with E-state index >= 15 is 0 Å². The molecule has 8 aromatic carbocycles. The molecule has 224 valence electrons. The van der Waals surface area contributed by atoms with Crippen LogP contribution in [0.4, 0.5) is 0 Å². The molecule has 0 atom stereocenters. The van der Waals surface area contributed by atoms with Gasteiger partial charge in [0.05, 0.1) is 11.0 Å². The maximum absolute atomic E-state index is 6.26. The zero-order valence-corrected chi connectivity index (χ0v) is 26.1. The number of rotatable bonds is 4. The van der Waals surface area contributed by atoms with E-state index in [0.29, 0.717) is 0 Å². The lowest BCUT2D eigenvalue weighted by molar-refractivity contribution is 0.669. The molecular formula is C46H29NO. The van der Waals surface area contributed by atoms with E-state index in [1.165, 1.54) is 71.3 Å². The second-order valence-corrected chi connectivity index (χ2v) is 12.5. The van der Waals surface area contributed by atoms with E-state index in [9.17, 15) is 0 Å². The van der Waals surface area contributed by atoms with Gasteiger partial charge in [0.2, 0.25) is 0 Å². The van der Waals surface area contributed by atoms with Crippen molar-refractivity contribution in [2.75, 3.05) is 0 Å². The van der Waals surface area contributed by atoms with Crippen LogP contribution < -0.4 is 0 Å². The number of para-hydroxylation sites is 2. The van der Waals surface area contributed by atoms with Gasteiger partial charge in [0.1, 0.15) is 11.2 Å². The van der Waals surface area contributed by atoms with Crippen molar-refractivity contribution in [2.24, 2.45) is 0 Å². The van der Waals surface area contributed by atoms with Crippen LogP contribution in [0.5, 0.6) is 0 Å². The average Bonchev–Trinajstić information content (AvgIpc) is 3.72. The van der Waals surface area contributed by atoms with E-state index in [1.54, 1.807) is 0 Å². The molecule has 0 radical (unpaired) electrons. The van der Waals surface area contributed by atoms with Gasteiger partial charge in [-0.05, 0) is 105 Å². The summed E-state index contributed by atoms with van der Waals surface area (Å²) in [7, 11) is 0. The maximum atomic E-state index is 6.26. The second kappa shape index (κ2) is 10.6. The molecule has 2 aromatic heterocycles. The zero-order chi connectivity index (χ0) is 31.6. The molecule has 0 saturated heterocycles. The molecule has 0 saturated carbocycles. The van der Waals surface area contributed by atoms with E-state index in [-0.39, 0.29) is 0 Å². The molecule has 0 bridgehead atoms. The lowest BCUT2D eigenvalue weighted by atomic mass is 9.93. The Balaban J connectivity index is 1.20. The van der Waals surface area contributed by atoms with Crippen molar-refractivity contribution in [3.63, 3.8) is 0 Å². The van der Waals surface area contributed by atoms with Crippen LogP contribution in [0, 0.1) is 0 Å². The third-order valence-corrected chi connectivity index (χ3v) is 9.76. The molecule has 2 heterocycles. The predicted molar refractivity (Wildman–Crippen MR) is 202 cm³/mol. The van der Waals surface area contributed by atoms with E-state index in [4.69, 9.17) is 4.42 Å². The Bertz CT molecular complexity index is 2760. The third-order valence-electron chi connectivity index (χ3n) is 9.76. The molecule has 10 rings (SSSR count). The summed E-state index contributed by atoms with van der Waals surface area (Å²) in [5.74, 6) is 0. The van der Waals surface area contributed by atoms with Crippen molar-refractivity contribution in [1.82, 2.24) is 4.57 Å². The second-order valence-electron chi connectivity index (χ2n) is 12.5. The van der Waals surface area contributed by atoms with Crippen molar-refractivity contribution >= 4 is 54.5 Å². The van der Waals surface area contributed by atoms with Crippen LogP contribution in [0.15, 0.2) is 180 Å². The molecule has 0 N–H and O–H groups in total. The fourth-order valence-corrected chi connectivity index (χ4v) is 7.59. The minimum Gasteiger partial charge on any atom is -0.456 e. The Kier molecular flexibility index (Phi) is 5.91. The molecule has 2 heteroatoms. The number of benzene rings is 8. The molecule has 0 aliphatic carbocycles. The van der Waals surface area contributed by atoms with Gasteiger partial charge in [0.15, 0.2) is 0 Å². The highest BCUT2D eigenvalue weighted by Crippen LogP contribution is 2.42. The lowest BCUT2D eigenvalue weighted by Gasteiger charge is -2.14. The van der Waals surface area contributed by atoms with Crippen LogP contribution >= 0.6 is 0 Å². The Morgan fingerprint density at radius 3 is 1.65 bits per heavy atom. The van der Waals surface area contributed by atoms with Crippen LogP contribution in [-0.2, 0) is 0 Å². The van der Waals surface area contributed by atoms with E-state index in [1.807, 2.05) is 6.07 Å². The molecule has 0 amide bonds. The first-order valence-corrected chi connectivity index (χ1v) is 16.4. The predicted octanol–water partition coefficient (Wildman–Crippen LogP) is 12.8. The number of nitrogens with zero attached hydrogens (tertiary/aromatic N) is 1. The van der Waals surface area contributed by atoms with Crippen LogP contribution in [0.1, 0.15) is 0 Å². The Morgan fingerprint density at radius 2 is 0.896 bits per heavy atom. The van der Waals surface area contributed by atoms with Gasteiger partial charge in [0, 0.05) is 27.2 Å². The smallest absolute Gasteiger partial charge is 0.136 e. The largest absolute Gasteiger partial charge is 0.456 e. The summed E-state index contributed by atoms with van der Waals surface area (Å²) in [5, 5.41) is 7.29. The molecule has 0 unspecified atom stereocenters. The van der Waals surface area contributed by atoms with Crippen molar-refractivity contribution in [3.8, 4) is 39.1 Å². The van der Waals surface area contributed by atoms with Gasteiger partial charge in [0.25, 0.3) is 0 Å². The van der Waals surface area contributed by atoms with Gasteiger partial charge in [-0.25, -0.2) is 0 Å². The molecule has 0 spiro atoms. The average molecular weight is 612 g/mol. The summed E-state index contributed by atoms with van der Waals surface area (Å²) in [4.78, 5) is 0. The first-order valence-electron chi connectivity index (χ1n) is 16.4. The SMILES string of the molecule is c1ccc(-c2cc(-c3ccccc3)cc(-c3cccc(-n4c5ccccc5c5c6ccc7oc8ccccc8c7c6ccc54)c3)c2)cc1. The molecule has 0 aliphatic heterocycles. The fourth-order valence-electron chi connectivity index (χ4n) is 7.59. The summed E-state index contributed by atoms with van der Waals surface area (Å²) < 4.78 is 8.68. The van der Waals surface area contributed by atoms with Crippen LogP contribution in [0.25, 0.3) is 93.6 Å². The minimum atomic E-state index is 0.922. The van der Waals surface area contributed by atoms with E-state index in [2.05, 4.69) is 174 Å². The normalized spacial score (nSPS) is 11.8. The van der Waals surface area contributed by atoms with Crippen LogP contribution in [0.2, 0.25) is 0 Å². The molecule has 0 aliphatic rings. The quantitative estimate of drug-likeness (QED) is 0.194. The highest BCUT2D eigenvalue weighted by Gasteiger charge is 2.18. The summed E-state index contributed by atoms with van der Waals surface area (Å²) >= 11 is 0. The lowest BCUT2D eigenvalue weighted by Crippen LogP contribution is -1.94. The zero-order valence-electron chi connectivity index (χ0n) is 26.1. The molecule has 10 aromatic rings. The highest BCUT2D eigenvalue weighted by molar-refractivity contribution is 6.28. The van der Waals surface area contributed by atoms with Gasteiger partial charge >= 0.3 is 0 Å². The fraction of sp³-hybridized carbons (Fsp3) is 0. The number of hydrogen-bond acceptors (Lipinski definition) is 1. The summed E-state index contributed by atoms with van der Waals surface area (Å²) in [6, 6.07) is 63.3. The molecule has 2 nitrogen and oxygen atoms in total. The third kappa shape index (κ3) is 4.13. The van der Waals surface area contributed by atoms with E-state index in [0.717, 1.165) is 22.2 Å². The first kappa shape index (κ1) is 26.8. The number of aromatic nitrogens is 1. The van der Waals surface area contributed by atoms with Crippen molar-refractivity contribution in [3.05, 3.63) is 176 Å². The van der Waals surface area contributed by atoms with Crippen LogP contribution in [0.3, 0.4) is 0 Å². The van der Waals surface area contributed by atoms with Crippen molar-refractivity contribution < 1.29 is 4.42 Å². The van der Waals surface area contributed by atoms with Crippen molar-refractivity contribution in [2.45, 2.75) is 0 Å². The Hall–Kier alpha value is -6.38. The summed E-state index contributed by atoms with van der Waals surface area (Å²) in [5.41, 5.74) is 12.6. The van der Waals surface area contributed by atoms with Gasteiger partial charge < -0.3 is 8.98 Å². The molecular weight excluding hydrogens is 583 g/mol. The molecule has 0 fully saturated rings. The van der Waals surface area contributed by atoms with Crippen LogP contribution in [-0.4, -0.2) is 4.57 Å². The van der Waals surface area contributed by atoms with Crippen molar-refractivity contribution in [1.29, 1.82) is 0 Å².